The molecule has 28 heavy (non-hydrogen) atoms. The van der Waals surface area contributed by atoms with Gasteiger partial charge in [-0.3, -0.25) is 14.8 Å². The predicted octanol–water partition coefficient (Wildman–Crippen LogP) is 3.92. The van der Waals surface area contributed by atoms with Crippen molar-refractivity contribution < 1.29 is 19.7 Å². The van der Waals surface area contributed by atoms with Gasteiger partial charge in [0, 0.05) is 6.92 Å². The van der Waals surface area contributed by atoms with Crippen molar-refractivity contribution in [1.82, 2.24) is 0 Å². The Morgan fingerprint density at radius 2 is 1.82 bits per heavy atom. The highest BCUT2D eigenvalue weighted by molar-refractivity contribution is 6.54. The van der Waals surface area contributed by atoms with Gasteiger partial charge in [0.15, 0.2) is 5.78 Å². The van der Waals surface area contributed by atoms with E-state index in [2.05, 4.69) is 9.99 Å². The summed E-state index contributed by atoms with van der Waals surface area (Å²) in [5.41, 5.74) is 3.80. The second-order valence-electron chi connectivity index (χ2n) is 6.41. The normalized spacial score (nSPS) is 15.5. The molecule has 6 nitrogen and oxygen atoms in total. The van der Waals surface area contributed by atoms with Gasteiger partial charge in [0.05, 0.1) is 11.3 Å². The highest BCUT2D eigenvalue weighted by atomic mass is 17.1. The van der Waals surface area contributed by atoms with Gasteiger partial charge in [-0.25, -0.2) is 4.89 Å². The number of Topliss-reactive ketones (excluding diaryl/α,β-unsaturated/α-hetero) is 1. The third-order valence-corrected chi connectivity index (χ3v) is 4.25. The first-order chi connectivity index (χ1) is 13.5. The highest BCUT2D eigenvalue weighted by Crippen LogP contribution is 2.24. The van der Waals surface area contributed by atoms with Crippen molar-refractivity contribution >= 4 is 29.2 Å². The van der Waals surface area contributed by atoms with Gasteiger partial charge in [-0.1, -0.05) is 54.1 Å². The number of carbonyl (C=O) groups is 2. The topological polar surface area (TPSA) is 79.2 Å². The van der Waals surface area contributed by atoms with E-state index in [9.17, 15) is 9.59 Å². The van der Waals surface area contributed by atoms with Crippen LogP contribution in [0.15, 0.2) is 71.4 Å². The molecule has 1 N–H and O–H groups in total. The van der Waals surface area contributed by atoms with Crippen molar-refractivity contribution in [3.05, 3.63) is 82.9 Å². The maximum atomic E-state index is 12.8. The van der Waals surface area contributed by atoms with E-state index in [0.717, 1.165) is 11.1 Å². The van der Waals surface area contributed by atoms with Gasteiger partial charge in [0.1, 0.15) is 12.3 Å². The number of amides is 1. The molecule has 2 aromatic rings. The molecule has 0 aromatic heterocycles. The van der Waals surface area contributed by atoms with Crippen molar-refractivity contribution in [2.45, 2.75) is 20.5 Å². The average Bonchev–Trinajstić information content (AvgIpc) is 3.01. The van der Waals surface area contributed by atoms with Crippen molar-refractivity contribution in [2.24, 2.45) is 5.10 Å². The second kappa shape index (κ2) is 8.56. The van der Waals surface area contributed by atoms with Gasteiger partial charge in [-0.05, 0) is 36.3 Å². The number of anilines is 1. The first kappa shape index (κ1) is 19.4. The predicted molar refractivity (Wildman–Crippen MR) is 108 cm³/mol. The summed E-state index contributed by atoms with van der Waals surface area (Å²) >= 11 is 0. The first-order valence-corrected chi connectivity index (χ1v) is 8.74. The summed E-state index contributed by atoms with van der Waals surface area (Å²) in [5, 5.41) is 13.9. The summed E-state index contributed by atoms with van der Waals surface area (Å²) in [7, 11) is 0. The number of benzene rings is 2. The standard InChI is InChI=1S/C22H20N2O4/c1-15-6-8-17(9-7-15)4-3-5-20-21(16(2)25)23-24(22(20)26)19-12-10-18(11-13-19)14-28-27/h3-13,27H,14H2,1-2H3/b4-3+,20-5+. The molecule has 0 atom stereocenters. The largest absolute Gasteiger partial charge is 0.293 e. The Morgan fingerprint density at radius 1 is 1.14 bits per heavy atom. The van der Waals surface area contributed by atoms with E-state index < -0.39 is 0 Å². The SMILES string of the molecule is CC(=O)C1=NN(c2ccc(COO)cc2)C(=O)/C1=C/C=C/c1ccc(C)cc1. The fraction of sp³-hybridized carbons (Fsp3) is 0.136. The van der Waals surface area contributed by atoms with Crippen LogP contribution in [0.3, 0.4) is 0 Å². The van der Waals surface area contributed by atoms with Crippen LogP contribution in [-0.2, 0) is 21.1 Å². The fourth-order valence-electron chi connectivity index (χ4n) is 2.74. The number of ketones is 1. The summed E-state index contributed by atoms with van der Waals surface area (Å²) in [4.78, 5) is 28.9. The number of rotatable bonds is 6. The summed E-state index contributed by atoms with van der Waals surface area (Å²) in [5.74, 6) is -0.652. The van der Waals surface area contributed by atoms with Crippen molar-refractivity contribution in [2.75, 3.05) is 5.01 Å². The molecule has 1 heterocycles. The highest BCUT2D eigenvalue weighted by Gasteiger charge is 2.32. The van der Waals surface area contributed by atoms with E-state index in [1.807, 2.05) is 37.3 Å². The van der Waals surface area contributed by atoms with Crippen LogP contribution in [0, 0.1) is 6.92 Å². The minimum Gasteiger partial charge on any atom is -0.293 e. The molecule has 0 bridgehead atoms. The molecule has 0 saturated carbocycles. The fourth-order valence-corrected chi connectivity index (χ4v) is 2.74. The molecular weight excluding hydrogens is 356 g/mol. The summed E-state index contributed by atoms with van der Waals surface area (Å²) in [6.45, 7) is 3.44. The van der Waals surface area contributed by atoms with Gasteiger partial charge < -0.3 is 0 Å². The summed E-state index contributed by atoms with van der Waals surface area (Å²) < 4.78 is 0. The molecule has 0 radical (unpaired) electrons. The van der Waals surface area contributed by atoms with E-state index in [4.69, 9.17) is 5.26 Å². The maximum absolute atomic E-state index is 12.8. The monoisotopic (exact) mass is 376 g/mol. The third-order valence-electron chi connectivity index (χ3n) is 4.25. The lowest BCUT2D eigenvalue weighted by Gasteiger charge is -2.11. The molecule has 142 valence electrons. The lowest BCUT2D eigenvalue weighted by atomic mass is 10.1. The lowest BCUT2D eigenvalue weighted by Crippen LogP contribution is -2.21. The van der Waals surface area contributed by atoms with Gasteiger partial charge in [0.25, 0.3) is 5.91 Å². The number of aryl methyl sites for hydroxylation is 1. The van der Waals surface area contributed by atoms with Gasteiger partial charge in [-0.15, -0.1) is 0 Å². The number of allylic oxidation sites excluding steroid dienone is 2. The van der Waals surface area contributed by atoms with Crippen LogP contribution in [0.4, 0.5) is 5.69 Å². The molecule has 1 aliphatic heterocycles. The Morgan fingerprint density at radius 3 is 2.43 bits per heavy atom. The molecule has 2 aromatic carbocycles. The smallest absolute Gasteiger partial charge is 0.281 e. The summed E-state index contributed by atoms with van der Waals surface area (Å²) in [6, 6.07) is 14.7. The van der Waals surface area contributed by atoms with Crippen molar-refractivity contribution in [3.8, 4) is 0 Å². The Kier molecular flexibility index (Phi) is 5.93. The molecule has 0 aliphatic carbocycles. The Balaban J connectivity index is 1.85. The Bertz CT molecular complexity index is 971. The quantitative estimate of drug-likeness (QED) is 0.471. The maximum Gasteiger partial charge on any atom is 0.281 e. The number of hydrogen-bond donors (Lipinski definition) is 1. The molecule has 0 unspecified atom stereocenters. The Hall–Kier alpha value is -3.35. The third kappa shape index (κ3) is 4.31. The van der Waals surface area contributed by atoms with Crippen LogP contribution in [-0.4, -0.2) is 22.7 Å². The zero-order valence-electron chi connectivity index (χ0n) is 15.6. The van der Waals surface area contributed by atoms with E-state index in [1.54, 1.807) is 36.4 Å². The van der Waals surface area contributed by atoms with E-state index in [1.165, 1.54) is 17.5 Å². The second-order valence-corrected chi connectivity index (χ2v) is 6.41. The zero-order chi connectivity index (χ0) is 20.1. The number of carbonyl (C=O) groups excluding carboxylic acids is 2. The first-order valence-electron chi connectivity index (χ1n) is 8.74. The number of hydrazone groups is 1. The van der Waals surface area contributed by atoms with E-state index in [0.29, 0.717) is 5.69 Å². The Labute approximate surface area is 163 Å². The number of nitrogens with zero attached hydrogens (tertiary/aromatic N) is 2. The van der Waals surface area contributed by atoms with Crippen LogP contribution < -0.4 is 5.01 Å². The van der Waals surface area contributed by atoms with E-state index >= 15 is 0 Å². The van der Waals surface area contributed by atoms with Gasteiger partial charge >= 0.3 is 0 Å². The van der Waals surface area contributed by atoms with Gasteiger partial charge in [-0.2, -0.15) is 10.1 Å². The molecule has 0 spiro atoms. The molecule has 0 saturated heterocycles. The van der Waals surface area contributed by atoms with Crippen LogP contribution in [0.25, 0.3) is 6.08 Å². The van der Waals surface area contributed by atoms with Gasteiger partial charge in [0.2, 0.25) is 0 Å². The lowest BCUT2D eigenvalue weighted by molar-refractivity contribution is -0.253. The van der Waals surface area contributed by atoms with Crippen molar-refractivity contribution in [3.63, 3.8) is 0 Å². The zero-order valence-corrected chi connectivity index (χ0v) is 15.6. The minimum atomic E-state index is -0.370. The van der Waals surface area contributed by atoms with E-state index in [-0.39, 0.29) is 29.6 Å². The molecule has 1 aliphatic rings. The molecule has 3 rings (SSSR count). The van der Waals surface area contributed by atoms with Crippen LogP contribution in [0.2, 0.25) is 0 Å². The summed E-state index contributed by atoms with van der Waals surface area (Å²) in [6.07, 6.45) is 5.21. The average molecular weight is 376 g/mol. The minimum absolute atomic E-state index is 0.0468. The van der Waals surface area contributed by atoms with Crippen LogP contribution in [0.5, 0.6) is 0 Å². The molecule has 1 amide bonds. The molecular formula is C22H20N2O4. The number of hydrogen-bond acceptors (Lipinski definition) is 5. The molecule has 0 fully saturated rings. The molecule has 6 heteroatoms. The van der Waals surface area contributed by atoms with Crippen LogP contribution >= 0.6 is 0 Å². The van der Waals surface area contributed by atoms with Crippen molar-refractivity contribution in [1.29, 1.82) is 0 Å². The van der Waals surface area contributed by atoms with Crippen LogP contribution in [0.1, 0.15) is 23.6 Å².